The largest absolute Gasteiger partial charge is 0.481 e. The molecule has 1 aromatic carbocycles. The number of benzene rings is 1. The van der Waals surface area contributed by atoms with Gasteiger partial charge in [-0.25, -0.2) is 0 Å². The summed E-state index contributed by atoms with van der Waals surface area (Å²) in [4.78, 5) is 22.5. The van der Waals surface area contributed by atoms with Crippen LogP contribution in [0.3, 0.4) is 0 Å². The molecule has 2 unspecified atom stereocenters. The van der Waals surface area contributed by atoms with Gasteiger partial charge in [0.2, 0.25) is 5.91 Å². The quantitative estimate of drug-likeness (QED) is 0.724. The molecule has 0 aliphatic rings. The summed E-state index contributed by atoms with van der Waals surface area (Å²) in [7, 11) is 0. The number of rotatable bonds is 8. The smallest absolute Gasteiger partial charge is 0.308 e. The Morgan fingerprint density at radius 2 is 1.76 bits per heavy atom. The van der Waals surface area contributed by atoms with E-state index in [0.29, 0.717) is 6.42 Å². The molecular formula is C17H25NO3. The second-order valence-corrected chi connectivity index (χ2v) is 5.68. The van der Waals surface area contributed by atoms with Crippen molar-refractivity contribution in [3.8, 4) is 0 Å². The normalized spacial score (nSPS) is 13.5. The van der Waals surface area contributed by atoms with E-state index in [4.69, 9.17) is 5.11 Å². The molecule has 0 saturated heterocycles. The van der Waals surface area contributed by atoms with Crippen LogP contribution in [-0.4, -0.2) is 23.0 Å². The third-order valence-corrected chi connectivity index (χ3v) is 3.77. The summed E-state index contributed by atoms with van der Waals surface area (Å²) in [5, 5.41) is 11.6. The van der Waals surface area contributed by atoms with Crippen molar-refractivity contribution < 1.29 is 14.7 Å². The highest BCUT2D eigenvalue weighted by Gasteiger charge is 2.20. The summed E-state index contributed by atoms with van der Waals surface area (Å²) in [5.41, 5.74) is 2.54. The molecule has 1 rings (SSSR count). The van der Waals surface area contributed by atoms with Gasteiger partial charge >= 0.3 is 5.97 Å². The van der Waals surface area contributed by atoms with Crippen molar-refractivity contribution in [2.75, 3.05) is 0 Å². The molecule has 2 N–H and O–H groups in total. The molecule has 0 spiro atoms. The van der Waals surface area contributed by atoms with Crippen LogP contribution in [0.1, 0.15) is 44.2 Å². The van der Waals surface area contributed by atoms with Gasteiger partial charge in [0.25, 0.3) is 0 Å². The fraction of sp³-hybridized carbons (Fsp3) is 0.529. The molecule has 0 radical (unpaired) electrons. The van der Waals surface area contributed by atoms with Crippen molar-refractivity contribution in [1.82, 2.24) is 5.32 Å². The third kappa shape index (κ3) is 6.43. The predicted molar refractivity (Wildman–Crippen MR) is 83.1 cm³/mol. The Morgan fingerprint density at radius 3 is 2.33 bits per heavy atom. The van der Waals surface area contributed by atoms with Crippen LogP contribution >= 0.6 is 0 Å². The van der Waals surface area contributed by atoms with Gasteiger partial charge in [-0.05, 0) is 45.6 Å². The van der Waals surface area contributed by atoms with Gasteiger partial charge in [0.05, 0.1) is 5.92 Å². The third-order valence-electron chi connectivity index (χ3n) is 3.77. The first-order valence-electron chi connectivity index (χ1n) is 7.48. The van der Waals surface area contributed by atoms with E-state index in [0.717, 1.165) is 19.3 Å². The molecule has 0 heterocycles. The van der Waals surface area contributed by atoms with Gasteiger partial charge in [-0.3, -0.25) is 9.59 Å². The van der Waals surface area contributed by atoms with Gasteiger partial charge in [0, 0.05) is 12.5 Å². The number of aryl methyl sites for hydroxylation is 2. The summed E-state index contributed by atoms with van der Waals surface area (Å²) < 4.78 is 0. The molecular weight excluding hydrogens is 266 g/mol. The summed E-state index contributed by atoms with van der Waals surface area (Å²) >= 11 is 0. The molecule has 21 heavy (non-hydrogen) atoms. The predicted octanol–water partition coefficient (Wildman–Crippen LogP) is 2.93. The molecule has 0 aliphatic carbocycles. The van der Waals surface area contributed by atoms with Crippen molar-refractivity contribution >= 4 is 11.9 Å². The van der Waals surface area contributed by atoms with E-state index in [1.165, 1.54) is 11.1 Å². The van der Waals surface area contributed by atoms with Crippen LogP contribution in [0, 0.1) is 12.8 Å². The van der Waals surface area contributed by atoms with Crippen molar-refractivity contribution in [3.05, 3.63) is 35.4 Å². The number of amides is 1. The SMILES string of the molecule is Cc1ccc(CCCCC(=O)NC(C)C(C)C(=O)O)cc1. The van der Waals surface area contributed by atoms with Crippen molar-refractivity contribution in [1.29, 1.82) is 0 Å². The van der Waals surface area contributed by atoms with Gasteiger partial charge in [-0.1, -0.05) is 29.8 Å². The van der Waals surface area contributed by atoms with Gasteiger partial charge in [-0.2, -0.15) is 0 Å². The lowest BCUT2D eigenvalue weighted by atomic mass is 10.0. The van der Waals surface area contributed by atoms with Crippen molar-refractivity contribution in [2.24, 2.45) is 5.92 Å². The van der Waals surface area contributed by atoms with Gasteiger partial charge < -0.3 is 10.4 Å². The van der Waals surface area contributed by atoms with Gasteiger partial charge in [-0.15, -0.1) is 0 Å². The summed E-state index contributed by atoms with van der Waals surface area (Å²) in [6.07, 6.45) is 3.18. The summed E-state index contributed by atoms with van der Waals surface area (Å²) in [6, 6.07) is 8.08. The second kappa shape index (κ2) is 8.45. The molecule has 0 aliphatic heterocycles. The van der Waals surface area contributed by atoms with Crippen LogP contribution in [0.2, 0.25) is 0 Å². The van der Waals surface area contributed by atoms with E-state index >= 15 is 0 Å². The Hall–Kier alpha value is -1.84. The molecule has 4 heteroatoms. The first-order chi connectivity index (χ1) is 9.90. The Bertz CT molecular complexity index is 467. The highest BCUT2D eigenvalue weighted by molar-refractivity contribution is 5.77. The molecule has 4 nitrogen and oxygen atoms in total. The Kier molecular flexibility index (Phi) is 6.92. The summed E-state index contributed by atoms with van der Waals surface area (Å²) in [5.74, 6) is -1.52. The van der Waals surface area contributed by atoms with Crippen LogP contribution in [0.5, 0.6) is 0 Å². The number of hydrogen-bond donors (Lipinski definition) is 2. The maximum Gasteiger partial charge on any atom is 0.308 e. The zero-order chi connectivity index (χ0) is 15.8. The highest BCUT2D eigenvalue weighted by atomic mass is 16.4. The molecule has 1 amide bonds. The topological polar surface area (TPSA) is 66.4 Å². The fourth-order valence-corrected chi connectivity index (χ4v) is 2.03. The Morgan fingerprint density at radius 1 is 1.14 bits per heavy atom. The molecule has 1 aromatic rings. The number of carbonyl (C=O) groups excluding carboxylic acids is 1. The first-order valence-corrected chi connectivity index (χ1v) is 7.48. The maximum absolute atomic E-state index is 11.7. The lowest BCUT2D eigenvalue weighted by Crippen LogP contribution is -2.39. The number of hydrogen-bond acceptors (Lipinski definition) is 2. The van der Waals surface area contributed by atoms with Crippen LogP contribution in [0.15, 0.2) is 24.3 Å². The lowest BCUT2D eigenvalue weighted by Gasteiger charge is -2.17. The average molecular weight is 291 g/mol. The number of carbonyl (C=O) groups is 2. The van der Waals surface area contributed by atoms with Crippen LogP contribution < -0.4 is 5.32 Å². The monoisotopic (exact) mass is 291 g/mol. The Balaban J connectivity index is 2.21. The highest BCUT2D eigenvalue weighted by Crippen LogP contribution is 2.09. The summed E-state index contributed by atoms with van der Waals surface area (Å²) in [6.45, 7) is 5.39. The van der Waals surface area contributed by atoms with E-state index in [2.05, 4.69) is 36.5 Å². The minimum absolute atomic E-state index is 0.0699. The fourth-order valence-electron chi connectivity index (χ4n) is 2.03. The van der Waals surface area contributed by atoms with E-state index in [9.17, 15) is 9.59 Å². The number of carboxylic acids is 1. The van der Waals surface area contributed by atoms with Crippen LogP contribution in [-0.2, 0) is 16.0 Å². The molecule has 2 atom stereocenters. The second-order valence-electron chi connectivity index (χ2n) is 5.68. The molecule has 0 bridgehead atoms. The lowest BCUT2D eigenvalue weighted by molar-refractivity contribution is -0.142. The molecule has 0 aromatic heterocycles. The minimum Gasteiger partial charge on any atom is -0.481 e. The first kappa shape index (κ1) is 17.2. The van der Waals surface area contributed by atoms with E-state index in [1.807, 2.05) is 0 Å². The number of unbranched alkanes of at least 4 members (excludes halogenated alkanes) is 1. The minimum atomic E-state index is -0.887. The number of carboxylic acid groups (broad SMARTS) is 1. The maximum atomic E-state index is 11.7. The van der Waals surface area contributed by atoms with Crippen LogP contribution in [0.4, 0.5) is 0 Å². The molecule has 0 fully saturated rings. The number of aliphatic carboxylic acids is 1. The Labute approximate surface area is 126 Å². The molecule has 116 valence electrons. The van der Waals surface area contributed by atoms with E-state index < -0.39 is 11.9 Å². The van der Waals surface area contributed by atoms with Crippen molar-refractivity contribution in [2.45, 2.75) is 52.5 Å². The average Bonchev–Trinajstić information content (AvgIpc) is 2.44. The van der Waals surface area contributed by atoms with E-state index in [-0.39, 0.29) is 11.9 Å². The van der Waals surface area contributed by atoms with Crippen molar-refractivity contribution in [3.63, 3.8) is 0 Å². The van der Waals surface area contributed by atoms with Gasteiger partial charge in [0.15, 0.2) is 0 Å². The number of nitrogens with one attached hydrogen (secondary N) is 1. The zero-order valence-electron chi connectivity index (χ0n) is 13.1. The van der Waals surface area contributed by atoms with E-state index in [1.54, 1.807) is 13.8 Å². The standard InChI is InChI=1S/C17H25NO3/c1-12-8-10-15(11-9-12)6-4-5-7-16(19)18-14(3)13(2)17(20)21/h8-11,13-14H,4-7H2,1-3H3,(H,18,19)(H,20,21). The van der Waals surface area contributed by atoms with Crippen LogP contribution in [0.25, 0.3) is 0 Å². The zero-order valence-corrected chi connectivity index (χ0v) is 13.1. The molecule has 0 saturated carbocycles. The van der Waals surface area contributed by atoms with Gasteiger partial charge in [0.1, 0.15) is 0 Å².